The molecule has 5 heteroatoms. The fourth-order valence-electron chi connectivity index (χ4n) is 2.04. The number of imidazole rings is 1. The van der Waals surface area contributed by atoms with Crippen molar-refractivity contribution in [3.8, 4) is 0 Å². The second kappa shape index (κ2) is 5.73. The van der Waals surface area contributed by atoms with Crippen molar-refractivity contribution in [1.29, 1.82) is 0 Å². The normalized spacial score (nSPS) is 11.1. The van der Waals surface area contributed by atoms with E-state index in [0.717, 1.165) is 19.4 Å². The smallest absolute Gasteiger partial charge is 0.356 e. The molecule has 2 aromatic rings. The standard InChI is InChI=1S/C14H19N3O2/c1-10(2)6-5-8-15-13-12(14(18)19)17-9-4-3-7-11(17)16-13/h3-4,7,9-10,15H,5-6,8H2,1-2H3,(H,18,19). The second-order valence-corrected chi connectivity index (χ2v) is 5.01. The summed E-state index contributed by atoms with van der Waals surface area (Å²) < 4.78 is 1.59. The first kappa shape index (κ1) is 13.4. The minimum absolute atomic E-state index is 0.195. The van der Waals surface area contributed by atoms with Crippen molar-refractivity contribution in [3.63, 3.8) is 0 Å². The highest BCUT2D eigenvalue weighted by molar-refractivity contribution is 5.92. The highest BCUT2D eigenvalue weighted by atomic mass is 16.4. The van der Waals surface area contributed by atoms with Gasteiger partial charge in [-0.25, -0.2) is 9.78 Å². The molecule has 0 saturated carbocycles. The molecule has 2 rings (SSSR count). The topological polar surface area (TPSA) is 66.6 Å². The third-order valence-electron chi connectivity index (χ3n) is 2.98. The minimum Gasteiger partial charge on any atom is -0.476 e. The first-order valence-electron chi connectivity index (χ1n) is 6.54. The summed E-state index contributed by atoms with van der Waals surface area (Å²) in [4.78, 5) is 15.7. The van der Waals surface area contributed by atoms with Gasteiger partial charge in [-0.05, 0) is 30.9 Å². The zero-order chi connectivity index (χ0) is 13.8. The molecular formula is C14H19N3O2. The molecule has 0 bridgehead atoms. The third kappa shape index (κ3) is 3.05. The first-order chi connectivity index (χ1) is 9.09. The maximum absolute atomic E-state index is 11.3. The number of carboxylic acid groups (broad SMARTS) is 1. The summed E-state index contributed by atoms with van der Waals surface area (Å²) in [6.07, 6.45) is 3.83. The Balaban J connectivity index is 2.17. The lowest BCUT2D eigenvalue weighted by atomic mass is 10.1. The van der Waals surface area contributed by atoms with Gasteiger partial charge in [-0.15, -0.1) is 0 Å². The number of pyridine rings is 1. The number of nitrogens with zero attached hydrogens (tertiary/aromatic N) is 2. The molecule has 2 N–H and O–H groups in total. The Kier molecular flexibility index (Phi) is 4.04. The summed E-state index contributed by atoms with van der Waals surface area (Å²) in [5.74, 6) is 0.134. The van der Waals surface area contributed by atoms with Gasteiger partial charge in [-0.2, -0.15) is 0 Å². The Morgan fingerprint density at radius 1 is 1.47 bits per heavy atom. The van der Waals surface area contributed by atoms with Gasteiger partial charge in [0.2, 0.25) is 0 Å². The Labute approximate surface area is 112 Å². The van der Waals surface area contributed by atoms with Crippen LogP contribution in [0.5, 0.6) is 0 Å². The molecule has 0 atom stereocenters. The molecular weight excluding hydrogens is 242 g/mol. The molecule has 5 nitrogen and oxygen atoms in total. The maximum atomic E-state index is 11.3. The largest absolute Gasteiger partial charge is 0.476 e. The van der Waals surface area contributed by atoms with Gasteiger partial charge >= 0.3 is 5.97 Å². The Morgan fingerprint density at radius 2 is 2.26 bits per heavy atom. The van der Waals surface area contributed by atoms with E-state index in [1.807, 2.05) is 6.07 Å². The molecule has 0 fully saturated rings. The molecule has 0 aliphatic carbocycles. The van der Waals surface area contributed by atoms with Gasteiger partial charge < -0.3 is 10.4 Å². The van der Waals surface area contributed by atoms with Crippen LogP contribution in [0.2, 0.25) is 0 Å². The molecule has 0 aliphatic rings. The van der Waals surface area contributed by atoms with E-state index < -0.39 is 5.97 Å². The van der Waals surface area contributed by atoms with Crippen LogP contribution < -0.4 is 5.32 Å². The van der Waals surface area contributed by atoms with Gasteiger partial charge in [0.05, 0.1) is 0 Å². The number of rotatable bonds is 6. The van der Waals surface area contributed by atoms with Crippen LogP contribution in [0.4, 0.5) is 5.82 Å². The predicted octanol–water partition coefficient (Wildman–Crippen LogP) is 2.88. The lowest BCUT2D eigenvalue weighted by Crippen LogP contribution is -2.09. The number of aromatic nitrogens is 2. The van der Waals surface area contributed by atoms with Gasteiger partial charge in [-0.1, -0.05) is 19.9 Å². The zero-order valence-electron chi connectivity index (χ0n) is 11.3. The van der Waals surface area contributed by atoms with Gasteiger partial charge in [0.15, 0.2) is 11.5 Å². The van der Waals surface area contributed by atoms with Crippen molar-refractivity contribution in [2.45, 2.75) is 26.7 Å². The fraction of sp³-hybridized carbons (Fsp3) is 0.429. The average molecular weight is 261 g/mol. The van der Waals surface area contributed by atoms with Gasteiger partial charge in [0.1, 0.15) is 5.65 Å². The monoisotopic (exact) mass is 261 g/mol. The molecule has 0 radical (unpaired) electrons. The van der Waals surface area contributed by atoms with Crippen LogP contribution in [0.3, 0.4) is 0 Å². The highest BCUT2D eigenvalue weighted by Gasteiger charge is 2.17. The third-order valence-corrected chi connectivity index (χ3v) is 2.98. The lowest BCUT2D eigenvalue weighted by Gasteiger charge is -2.06. The van der Waals surface area contributed by atoms with Crippen molar-refractivity contribution in [2.75, 3.05) is 11.9 Å². The van der Waals surface area contributed by atoms with Crippen LogP contribution in [0.1, 0.15) is 37.2 Å². The summed E-state index contributed by atoms with van der Waals surface area (Å²) >= 11 is 0. The van der Waals surface area contributed by atoms with Crippen molar-refractivity contribution < 1.29 is 9.90 Å². The Morgan fingerprint density at radius 3 is 2.95 bits per heavy atom. The number of anilines is 1. The number of carbonyl (C=O) groups is 1. The van der Waals surface area contributed by atoms with E-state index in [-0.39, 0.29) is 5.69 Å². The van der Waals surface area contributed by atoms with Crippen molar-refractivity contribution >= 4 is 17.4 Å². The van der Waals surface area contributed by atoms with Gasteiger partial charge in [0, 0.05) is 12.7 Å². The van der Waals surface area contributed by atoms with E-state index in [2.05, 4.69) is 24.1 Å². The van der Waals surface area contributed by atoms with Gasteiger partial charge in [-0.3, -0.25) is 4.40 Å². The van der Waals surface area contributed by atoms with E-state index in [1.54, 1.807) is 22.7 Å². The number of hydrogen-bond donors (Lipinski definition) is 2. The maximum Gasteiger partial charge on any atom is 0.356 e. The number of hydrogen-bond acceptors (Lipinski definition) is 3. The van der Waals surface area contributed by atoms with E-state index in [1.165, 1.54) is 0 Å². The summed E-state index contributed by atoms with van der Waals surface area (Å²) in [5, 5.41) is 12.4. The number of nitrogens with one attached hydrogen (secondary N) is 1. The van der Waals surface area contributed by atoms with Crippen molar-refractivity contribution in [1.82, 2.24) is 9.38 Å². The number of fused-ring (bicyclic) bond motifs is 1. The highest BCUT2D eigenvalue weighted by Crippen LogP contribution is 2.17. The van der Waals surface area contributed by atoms with E-state index >= 15 is 0 Å². The number of aromatic carboxylic acids is 1. The molecule has 2 heterocycles. The molecule has 0 spiro atoms. The van der Waals surface area contributed by atoms with Crippen LogP contribution in [0, 0.1) is 5.92 Å². The second-order valence-electron chi connectivity index (χ2n) is 5.01. The average Bonchev–Trinajstić information content (AvgIpc) is 2.72. The summed E-state index contributed by atoms with van der Waals surface area (Å²) in [6, 6.07) is 5.44. The predicted molar refractivity (Wildman–Crippen MR) is 74.7 cm³/mol. The Hall–Kier alpha value is -2.04. The summed E-state index contributed by atoms with van der Waals surface area (Å²) in [5.41, 5.74) is 0.839. The molecule has 0 aromatic carbocycles. The van der Waals surface area contributed by atoms with Crippen LogP contribution in [0.25, 0.3) is 5.65 Å². The SMILES string of the molecule is CC(C)CCCNc1nc2ccccn2c1C(=O)O. The summed E-state index contributed by atoms with van der Waals surface area (Å²) in [7, 11) is 0. The Bertz CT molecular complexity index is 575. The van der Waals surface area contributed by atoms with Crippen molar-refractivity contribution in [2.24, 2.45) is 5.92 Å². The van der Waals surface area contributed by atoms with Crippen LogP contribution in [-0.2, 0) is 0 Å². The quantitative estimate of drug-likeness (QED) is 0.785. The minimum atomic E-state index is -0.968. The van der Waals surface area contributed by atoms with Crippen LogP contribution >= 0.6 is 0 Å². The summed E-state index contributed by atoms with van der Waals surface area (Å²) in [6.45, 7) is 5.09. The van der Waals surface area contributed by atoms with E-state index in [4.69, 9.17) is 0 Å². The molecule has 0 aliphatic heterocycles. The van der Waals surface area contributed by atoms with E-state index in [9.17, 15) is 9.90 Å². The number of carboxylic acids is 1. The molecule has 0 unspecified atom stereocenters. The molecule has 0 saturated heterocycles. The molecule has 102 valence electrons. The fourth-order valence-corrected chi connectivity index (χ4v) is 2.04. The van der Waals surface area contributed by atoms with E-state index in [0.29, 0.717) is 17.4 Å². The van der Waals surface area contributed by atoms with Crippen LogP contribution in [0.15, 0.2) is 24.4 Å². The molecule has 0 amide bonds. The van der Waals surface area contributed by atoms with Crippen LogP contribution in [-0.4, -0.2) is 27.0 Å². The zero-order valence-corrected chi connectivity index (χ0v) is 11.3. The molecule has 19 heavy (non-hydrogen) atoms. The lowest BCUT2D eigenvalue weighted by molar-refractivity contribution is 0.0690. The van der Waals surface area contributed by atoms with Gasteiger partial charge in [0.25, 0.3) is 0 Å². The molecule has 2 aromatic heterocycles. The van der Waals surface area contributed by atoms with Crippen molar-refractivity contribution in [3.05, 3.63) is 30.1 Å². The first-order valence-corrected chi connectivity index (χ1v) is 6.54.